The van der Waals surface area contributed by atoms with Crippen molar-refractivity contribution in [1.29, 1.82) is 0 Å². The van der Waals surface area contributed by atoms with E-state index in [0.717, 1.165) is 222 Å². The molecule has 0 saturated carbocycles. The zero-order valence-corrected chi connectivity index (χ0v) is 96.1. The minimum Gasteiger partial charge on any atom is -0.393 e. The molecule has 0 aliphatic rings. The second-order valence-corrected chi connectivity index (χ2v) is 47.9. The fraction of sp³-hybridized carbons (Fsp3) is 0.900. The van der Waals surface area contributed by atoms with E-state index in [0.29, 0.717) is 35.5 Å². The Morgan fingerprint density at radius 3 is 0.222 bits per heavy atom. The first-order valence-electron chi connectivity index (χ1n) is 53.9. The topological polar surface area (TPSA) is 121 Å². The zero-order chi connectivity index (χ0) is 101. The number of rotatable bonds is 54. The van der Waals surface area contributed by atoms with Gasteiger partial charge in [0.05, 0.1) is 36.6 Å². The highest BCUT2D eigenvalue weighted by atomic mass is 16.3. The lowest BCUT2D eigenvalue weighted by atomic mass is 9.99. The summed E-state index contributed by atoms with van der Waals surface area (Å²) in [5, 5.41) is 56.8. The maximum atomic E-state index is 9.47. The van der Waals surface area contributed by atoms with Crippen molar-refractivity contribution in [2.45, 2.75) is 562 Å². The molecule has 0 aliphatic heterocycles. The highest BCUT2D eigenvalue weighted by Gasteiger charge is 2.13. The molecular formula is C120H252O6. The van der Waals surface area contributed by atoms with Gasteiger partial charge in [0.15, 0.2) is 0 Å². The van der Waals surface area contributed by atoms with Crippen LogP contribution in [0.4, 0.5) is 0 Å². The molecule has 768 valence electrons. The molecule has 6 N–H and O–H groups in total. The molecule has 0 spiro atoms. The van der Waals surface area contributed by atoms with E-state index in [1.165, 1.54) is 77.0 Å². The second kappa shape index (κ2) is 109. The SMILES string of the molecule is CC(C)C/C=C\CC(C)C.CC(C)C/C=C\CC(C)C.CC(C)C/C=C\CC(C)C.CC(C)C/C=C\CC(C)C.CC(C)C/C=C\CC(C)C.CC(C)C/C=C\CC(C)C.CC(C)CCC(O)CC(C)C.CC(C)CCC(O)CC(C)C.CC(C)CCC(O)CC(C)C.CC(C)CCC(O)CC(C)C.CC(C)CCC(O)CC(C)C.CC(C)CCC(O)CC(C)C. The van der Waals surface area contributed by atoms with E-state index in [-0.39, 0.29) is 36.6 Å². The molecule has 0 bridgehead atoms. The summed E-state index contributed by atoms with van der Waals surface area (Å²) < 4.78 is 0. The van der Waals surface area contributed by atoms with Crippen LogP contribution in [-0.4, -0.2) is 67.3 Å². The van der Waals surface area contributed by atoms with Crippen molar-refractivity contribution in [3.63, 3.8) is 0 Å². The highest BCUT2D eigenvalue weighted by Crippen LogP contribution is 2.20. The summed E-state index contributed by atoms with van der Waals surface area (Å²) in [6.45, 7) is 106. The fourth-order valence-electron chi connectivity index (χ4n) is 11.5. The fourth-order valence-corrected chi connectivity index (χ4v) is 11.5. The average molecular weight is 1790 g/mol. The molecule has 6 heteroatoms. The third-order valence-corrected chi connectivity index (χ3v) is 19.2. The van der Waals surface area contributed by atoms with Crippen LogP contribution in [0.3, 0.4) is 0 Å². The molecule has 0 aromatic heterocycles. The Balaban J connectivity index is -0.000000113. The van der Waals surface area contributed by atoms with Gasteiger partial charge in [-0.2, -0.15) is 0 Å². The molecule has 0 aromatic carbocycles. The molecule has 0 heterocycles. The lowest BCUT2D eigenvalue weighted by Crippen LogP contribution is -2.10. The van der Waals surface area contributed by atoms with E-state index in [4.69, 9.17) is 0 Å². The van der Waals surface area contributed by atoms with Gasteiger partial charge < -0.3 is 30.6 Å². The Hall–Kier alpha value is -1.80. The summed E-state index contributed by atoms with van der Waals surface area (Å²) in [4.78, 5) is 0. The number of allylic oxidation sites excluding steroid dienone is 12. The predicted octanol–water partition coefficient (Wildman–Crippen LogP) is 38.8. The summed E-state index contributed by atoms with van der Waals surface area (Å²) >= 11 is 0. The zero-order valence-electron chi connectivity index (χ0n) is 96.1. The maximum absolute atomic E-state index is 9.47. The first kappa shape index (κ1) is 150. The van der Waals surface area contributed by atoms with Crippen LogP contribution in [0.15, 0.2) is 72.9 Å². The summed E-state index contributed by atoms with van der Waals surface area (Å²) in [5.74, 6) is 17.8. The van der Waals surface area contributed by atoms with Crippen LogP contribution in [0.1, 0.15) is 525 Å². The van der Waals surface area contributed by atoms with Gasteiger partial charge in [0.25, 0.3) is 0 Å². The Morgan fingerprint density at radius 1 is 0.103 bits per heavy atom. The number of aliphatic hydroxyl groups is 6. The molecule has 0 aromatic rings. The van der Waals surface area contributed by atoms with Crippen LogP contribution >= 0.6 is 0 Å². The minimum absolute atomic E-state index is 0.0719. The van der Waals surface area contributed by atoms with Crippen molar-refractivity contribution in [2.75, 3.05) is 0 Å². The standard InChI is InChI=1S/6C10H22O.6C10H20/c6*1-8(2)5-6-10(11)7-9(3)4;6*1-9(2)7-5-6-8-10(3)4/h6*8-11H,5-7H2,1-4H3;6*5-6,9-10H,7-8H2,1-4H3/b;;;;;;6*6-5-. The van der Waals surface area contributed by atoms with Gasteiger partial charge in [-0.25, -0.2) is 0 Å². The number of hydrogen-bond acceptors (Lipinski definition) is 6. The molecule has 0 fully saturated rings. The van der Waals surface area contributed by atoms with Gasteiger partial charge in [0, 0.05) is 0 Å². The molecule has 6 unspecified atom stereocenters. The second-order valence-electron chi connectivity index (χ2n) is 47.9. The molecule has 6 nitrogen and oxygen atoms in total. The number of hydrogen-bond donors (Lipinski definition) is 6. The Labute approximate surface area is 802 Å². The third-order valence-electron chi connectivity index (χ3n) is 19.2. The van der Waals surface area contributed by atoms with Gasteiger partial charge in [0.1, 0.15) is 0 Å². The molecule has 0 rings (SSSR count). The van der Waals surface area contributed by atoms with E-state index >= 15 is 0 Å². The summed E-state index contributed by atoms with van der Waals surface area (Å²) in [5.41, 5.74) is 0. The highest BCUT2D eigenvalue weighted by molar-refractivity contribution is 4.87. The molecule has 6 atom stereocenters. The van der Waals surface area contributed by atoms with E-state index in [1.807, 2.05) is 0 Å². The largest absolute Gasteiger partial charge is 0.393 e. The van der Waals surface area contributed by atoms with E-state index < -0.39 is 0 Å². The van der Waals surface area contributed by atoms with Gasteiger partial charge in [-0.15, -0.1) is 0 Å². The van der Waals surface area contributed by atoms with Crippen LogP contribution in [0.25, 0.3) is 0 Å². The lowest BCUT2D eigenvalue weighted by Gasteiger charge is -2.13. The van der Waals surface area contributed by atoms with Gasteiger partial charge in [-0.1, -0.05) is 405 Å². The van der Waals surface area contributed by atoms with Crippen molar-refractivity contribution in [3.8, 4) is 0 Å². The van der Waals surface area contributed by atoms with Crippen LogP contribution in [-0.2, 0) is 0 Å². The molecule has 126 heavy (non-hydrogen) atoms. The minimum atomic E-state index is -0.0719. The Kier molecular flexibility index (Phi) is 129. The Morgan fingerprint density at radius 2 is 0.175 bits per heavy atom. The first-order chi connectivity index (χ1) is 57.9. The maximum Gasteiger partial charge on any atom is 0.0542 e. The van der Waals surface area contributed by atoms with Crippen molar-refractivity contribution in [3.05, 3.63) is 72.9 Å². The number of aliphatic hydroxyl groups excluding tert-OH is 6. The van der Waals surface area contributed by atoms with Gasteiger partial charge >= 0.3 is 0 Å². The average Bonchev–Trinajstić information content (AvgIpc) is 1.03. The van der Waals surface area contributed by atoms with Crippen molar-refractivity contribution in [1.82, 2.24) is 0 Å². The van der Waals surface area contributed by atoms with E-state index in [1.54, 1.807) is 0 Å². The van der Waals surface area contributed by atoms with Crippen molar-refractivity contribution in [2.24, 2.45) is 142 Å². The summed E-state index contributed by atoms with van der Waals surface area (Å²) in [7, 11) is 0. The molecule has 0 radical (unpaired) electrons. The van der Waals surface area contributed by atoms with Crippen LogP contribution in [0, 0.1) is 142 Å². The normalized spacial score (nSPS) is 13.4. The monoisotopic (exact) mass is 1790 g/mol. The van der Waals surface area contributed by atoms with E-state index in [9.17, 15) is 30.6 Å². The molecule has 0 aliphatic carbocycles. The van der Waals surface area contributed by atoms with Crippen molar-refractivity contribution >= 4 is 0 Å². The first-order valence-corrected chi connectivity index (χ1v) is 53.9. The lowest BCUT2D eigenvalue weighted by molar-refractivity contribution is 0.132. The third kappa shape index (κ3) is 202. The quantitative estimate of drug-likeness (QED) is 0.0338. The smallest absolute Gasteiger partial charge is 0.0542 e. The van der Waals surface area contributed by atoms with Crippen LogP contribution in [0.2, 0.25) is 0 Å². The van der Waals surface area contributed by atoms with Crippen LogP contribution < -0.4 is 0 Å². The van der Waals surface area contributed by atoms with Gasteiger partial charge in [-0.3, -0.25) is 0 Å². The van der Waals surface area contributed by atoms with Gasteiger partial charge in [-0.05, 0) is 335 Å². The van der Waals surface area contributed by atoms with Crippen molar-refractivity contribution < 1.29 is 30.6 Å². The predicted molar refractivity (Wildman–Crippen MR) is 586 cm³/mol. The van der Waals surface area contributed by atoms with E-state index in [2.05, 4.69) is 405 Å². The van der Waals surface area contributed by atoms with Gasteiger partial charge in [0.2, 0.25) is 0 Å². The molecular weight excluding hydrogens is 1540 g/mol. The van der Waals surface area contributed by atoms with Crippen LogP contribution in [0.5, 0.6) is 0 Å². The summed E-state index contributed by atoms with van der Waals surface area (Å²) in [6.07, 6.45) is 60.3. The Bertz CT molecular complexity index is 1670. The molecule has 0 saturated heterocycles. The summed E-state index contributed by atoms with van der Waals surface area (Å²) in [6, 6.07) is 0. The molecule has 0 amide bonds.